The van der Waals surface area contributed by atoms with Crippen LogP contribution in [-0.2, 0) is 14.3 Å². The number of nitrogens with one attached hydrogen (secondary N) is 1. The highest BCUT2D eigenvalue weighted by molar-refractivity contribution is 5.91. The molecule has 2 aromatic rings. The highest BCUT2D eigenvalue weighted by atomic mass is 19.1. The number of halogens is 1. The van der Waals surface area contributed by atoms with E-state index in [2.05, 4.69) is 10.2 Å². The highest BCUT2D eigenvalue weighted by Crippen LogP contribution is 2.33. The first kappa shape index (κ1) is 24.2. The summed E-state index contributed by atoms with van der Waals surface area (Å²) in [4.78, 5) is 27.3. The minimum atomic E-state index is -0.580. The van der Waals surface area contributed by atoms with E-state index in [1.54, 1.807) is 24.3 Å². The summed E-state index contributed by atoms with van der Waals surface area (Å²) < 4.78 is 29.3. The normalized spacial score (nSPS) is 18.1. The van der Waals surface area contributed by atoms with Gasteiger partial charge in [0.05, 0.1) is 18.8 Å². The molecule has 34 heavy (non-hydrogen) atoms. The quantitative estimate of drug-likeness (QED) is 0.590. The lowest BCUT2D eigenvalue weighted by Crippen LogP contribution is -2.59. The summed E-state index contributed by atoms with van der Waals surface area (Å²) in [6.45, 7) is 3.43. The highest BCUT2D eigenvalue weighted by Gasteiger charge is 2.38. The molecule has 1 amide bonds. The zero-order chi connectivity index (χ0) is 23.8. The summed E-state index contributed by atoms with van der Waals surface area (Å²) in [6.07, 6.45) is 5.65. The monoisotopic (exact) mass is 470 g/mol. The Balaban J connectivity index is 1.25. The van der Waals surface area contributed by atoms with Gasteiger partial charge in [0.15, 0.2) is 6.61 Å². The van der Waals surface area contributed by atoms with Gasteiger partial charge < -0.3 is 19.5 Å². The smallest absolute Gasteiger partial charge is 0.338 e. The van der Waals surface area contributed by atoms with E-state index >= 15 is 0 Å². The molecule has 0 atom stereocenters. The number of hydrogen-bond donors (Lipinski definition) is 1. The molecular weight excluding hydrogens is 439 g/mol. The first-order valence-corrected chi connectivity index (χ1v) is 11.8. The topological polar surface area (TPSA) is 77.1 Å². The maximum atomic E-state index is 13.0. The summed E-state index contributed by atoms with van der Waals surface area (Å²) in [6, 6.07) is 12.0. The molecule has 2 fully saturated rings. The lowest BCUT2D eigenvalue weighted by molar-refractivity contribution is -0.125. The maximum Gasteiger partial charge on any atom is 0.338 e. The van der Waals surface area contributed by atoms with E-state index in [9.17, 15) is 14.0 Å². The minimum Gasteiger partial charge on any atom is -0.457 e. The summed E-state index contributed by atoms with van der Waals surface area (Å²) >= 11 is 0. The van der Waals surface area contributed by atoms with Gasteiger partial charge in [-0.1, -0.05) is 19.3 Å². The molecule has 0 spiro atoms. The molecule has 0 bridgehead atoms. The zero-order valence-electron chi connectivity index (χ0n) is 19.3. The molecule has 1 aliphatic carbocycles. The molecule has 0 radical (unpaired) electrons. The van der Waals surface area contributed by atoms with E-state index in [1.807, 2.05) is 0 Å². The van der Waals surface area contributed by atoms with Crippen LogP contribution in [0.4, 0.5) is 4.39 Å². The van der Waals surface area contributed by atoms with E-state index in [0.717, 1.165) is 52.0 Å². The number of amides is 1. The largest absolute Gasteiger partial charge is 0.457 e. The zero-order valence-corrected chi connectivity index (χ0v) is 19.3. The van der Waals surface area contributed by atoms with Crippen molar-refractivity contribution in [3.8, 4) is 11.5 Å². The van der Waals surface area contributed by atoms with Crippen LogP contribution in [0.1, 0.15) is 42.5 Å². The Kier molecular flexibility index (Phi) is 8.13. The van der Waals surface area contributed by atoms with Crippen LogP contribution in [0.25, 0.3) is 0 Å². The first-order valence-electron chi connectivity index (χ1n) is 11.8. The van der Waals surface area contributed by atoms with Crippen molar-refractivity contribution >= 4 is 11.9 Å². The van der Waals surface area contributed by atoms with Gasteiger partial charge in [-0.15, -0.1) is 0 Å². The van der Waals surface area contributed by atoms with Crippen molar-refractivity contribution in [3.05, 3.63) is 59.9 Å². The second kappa shape index (κ2) is 11.4. The number of nitrogens with zero attached hydrogens (tertiary/aromatic N) is 1. The molecule has 4 rings (SSSR count). The van der Waals surface area contributed by atoms with Crippen molar-refractivity contribution in [1.82, 2.24) is 10.2 Å². The fourth-order valence-electron chi connectivity index (χ4n) is 4.68. The van der Waals surface area contributed by atoms with Crippen molar-refractivity contribution < 1.29 is 28.2 Å². The Morgan fingerprint density at radius 2 is 1.56 bits per heavy atom. The lowest BCUT2D eigenvalue weighted by atomic mass is 9.79. The van der Waals surface area contributed by atoms with Crippen LogP contribution in [-0.4, -0.2) is 61.8 Å². The van der Waals surface area contributed by atoms with Crippen LogP contribution in [0.5, 0.6) is 11.5 Å². The number of hydrogen-bond acceptors (Lipinski definition) is 6. The summed E-state index contributed by atoms with van der Waals surface area (Å²) in [7, 11) is 0. The van der Waals surface area contributed by atoms with E-state index in [1.165, 1.54) is 30.7 Å². The molecule has 182 valence electrons. The summed E-state index contributed by atoms with van der Waals surface area (Å²) in [5, 5.41) is 2.99. The van der Waals surface area contributed by atoms with E-state index in [4.69, 9.17) is 14.2 Å². The van der Waals surface area contributed by atoms with Crippen molar-refractivity contribution in [2.45, 2.75) is 37.6 Å². The Labute approximate surface area is 199 Å². The van der Waals surface area contributed by atoms with Crippen LogP contribution < -0.4 is 10.1 Å². The predicted octanol–water partition coefficient (Wildman–Crippen LogP) is 3.93. The molecule has 2 aliphatic rings. The molecule has 1 saturated heterocycles. The van der Waals surface area contributed by atoms with Crippen LogP contribution in [0.3, 0.4) is 0 Å². The van der Waals surface area contributed by atoms with Crippen LogP contribution in [0.2, 0.25) is 0 Å². The van der Waals surface area contributed by atoms with Gasteiger partial charge in [-0.2, -0.15) is 0 Å². The van der Waals surface area contributed by atoms with E-state index in [0.29, 0.717) is 23.6 Å². The van der Waals surface area contributed by atoms with Crippen molar-refractivity contribution in [1.29, 1.82) is 0 Å². The first-order chi connectivity index (χ1) is 16.5. The SMILES string of the molecule is O=C(COC(=O)c1ccc(Oc2ccc(F)cc2)cc1)NCC1(N2CCOCC2)CCCCC1. The van der Waals surface area contributed by atoms with Crippen molar-refractivity contribution in [2.75, 3.05) is 39.5 Å². The van der Waals surface area contributed by atoms with Crippen molar-refractivity contribution in [2.24, 2.45) is 0 Å². The van der Waals surface area contributed by atoms with Gasteiger partial charge in [0.25, 0.3) is 5.91 Å². The minimum absolute atomic E-state index is 0.0396. The number of ether oxygens (including phenoxy) is 3. The number of carbonyl (C=O) groups excluding carboxylic acids is 2. The van der Waals surface area contributed by atoms with Gasteiger partial charge in [-0.05, 0) is 61.4 Å². The second-order valence-corrected chi connectivity index (χ2v) is 8.82. The molecule has 1 aliphatic heterocycles. The summed E-state index contributed by atoms with van der Waals surface area (Å²) in [5.74, 6) is -0.237. The van der Waals surface area contributed by atoms with Crippen LogP contribution in [0, 0.1) is 5.82 Å². The standard InChI is InChI=1S/C26H31FN2O5/c27-21-6-10-23(11-7-21)34-22-8-4-20(5-9-22)25(31)33-18-24(30)28-19-26(12-2-1-3-13-26)29-14-16-32-17-15-29/h4-11H,1-3,12-19H2,(H,28,30). The van der Waals surface area contributed by atoms with Gasteiger partial charge >= 0.3 is 5.97 Å². The lowest BCUT2D eigenvalue weighted by Gasteiger charge is -2.48. The fraction of sp³-hybridized carbons (Fsp3) is 0.462. The van der Waals surface area contributed by atoms with E-state index in [-0.39, 0.29) is 23.9 Å². The molecule has 1 N–H and O–H groups in total. The molecule has 0 aromatic heterocycles. The number of benzene rings is 2. The average Bonchev–Trinajstić information content (AvgIpc) is 2.89. The van der Waals surface area contributed by atoms with Gasteiger partial charge in [0, 0.05) is 25.2 Å². The molecule has 8 heteroatoms. The Hall–Kier alpha value is -2.97. The fourth-order valence-corrected chi connectivity index (χ4v) is 4.68. The molecule has 1 heterocycles. The number of morpholine rings is 1. The molecule has 1 saturated carbocycles. The third-order valence-corrected chi connectivity index (χ3v) is 6.55. The molecule has 7 nitrogen and oxygen atoms in total. The number of rotatable bonds is 8. The van der Waals surface area contributed by atoms with Gasteiger partial charge in [0.2, 0.25) is 0 Å². The Bertz CT molecular complexity index is 952. The molecular formula is C26H31FN2O5. The Morgan fingerprint density at radius 3 is 2.21 bits per heavy atom. The summed E-state index contributed by atoms with van der Waals surface area (Å²) in [5.41, 5.74) is 0.276. The second-order valence-electron chi connectivity index (χ2n) is 8.82. The number of esters is 1. The average molecular weight is 471 g/mol. The van der Waals surface area contributed by atoms with Gasteiger partial charge in [0.1, 0.15) is 17.3 Å². The third-order valence-electron chi connectivity index (χ3n) is 6.55. The Morgan fingerprint density at radius 1 is 0.941 bits per heavy atom. The van der Waals surface area contributed by atoms with Gasteiger partial charge in [-0.3, -0.25) is 9.69 Å². The molecule has 2 aromatic carbocycles. The third kappa shape index (κ3) is 6.33. The predicted molar refractivity (Wildman–Crippen MR) is 124 cm³/mol. The van der Waals surface area contributed by atoms with Crippen molar-refractivity contribution in [3.63, 3.8) is 0 Å². The van der Waals surface area contributed by atoms with Crippen LogP contribution in [0.15, 0.2) is 48.5 Å². The number of carbonyl (C=O) groups is 2. The molecule has 0 unspecified atom stereocenters. The van der Waals surface area contributed by atoms with Gasteiger partial charge in [-0.25, -0.2) is 9.18 Å². The van der Waals surface area contributed by atoms with Crippen LogP contribution >= 0.6 is 0 Å². The maximum absolute atomic E-state index is 13.0. The van der Waals surface area contributed by atoms with E-state index < -0.39 is 5.97 Å².